The van der Waals surface area contributed by atoms with Crippen LogP contribution < -0.4 is 10.1 Å². The normalized spacial score (nSPS) is 19.7. The molecule has 2 fully saturated rings. The second kappa shape index (κ2) is 11.9. The molecule has 0 atom stereocenters. The number of esters is 1. The van der Waals surface area contributed by atoms with Gasteiger partial charge in [0.1, 0.15) is 18.8 Å². The Labute approximate surface area is 254 Å². The van der Waals surface area contributed by atoms with Crippen molar-refractivity contribution in [2.75, 3.05) is 31.7 Å². The van der Waals surface area contributed by atoms with Crippen LogP contribution in [0.3, 0.4) is 0 Å². The topological polar surface area (TPSA) is 104 Å². The van der Waals surface area contributed by atoms with E-state index < -0.39 is 18.1 Å². The van der Waals surface area contributed by atoms with E-state index in [2.05, 4.69) is 42.3 Å². The number of hydrogen-bond acceptors (Lipinski definition) is 8. The molecule has 5 rings (SSSR count). The summed E-state index contributed by atoms with van der Waals surface area (Å²) >= 11 is 0. The lowest BCUT2D eigenvalue weighted by Gasteiger charge is -2.45. The number of imidazole rings is 1. The van der Waals surface area contributed by atoms with E-state index >= 15 is 0 Å². The molecule has 12 heteroatoms. The molecule has 2 heterocycles. The molecule has 240 valence electrons. The molecular weight excluding hydrogens is 579 g/mol. The van der Waals surface area contributed by atoms with Gasteiger partial charge < -0.3 is 33.9 Å². The van der Waals surface area contributed by atoms with Crippen LogP contribution in [-0.2, 0) is 24.8 Å². The third-order valence-corrected chi connectivity index (χ3v) is 8.17. The summed E-state index contributed by atoms with van der Waals surface area (Å²) in [5.74, 6) is -1.68. The zero-order valence-corrected chi connectivity index (χ0v) is 25.7. The molecule has 0 bridgehead atoms. The van der Waals surface area contributed by atoms with Gasteiger partial charge in [0, 0.05) is 17.3 Å². The van der Waals surface area contributed by atoms with Gasteiger partial charge in [-0.1, -0.05) is 27.7 Å². The van der Waals surface area contributed by atoms with Crippen LogP contribution in [0.5, 0.6) is 5.75 Å². The van der Waals surface area contributed by atoms with Crippen LogP contribution in [0.15, 0.2) is 36.4 Å². The summed E-state index contributed by atoms with van der Waals surface area (Å²) in [6.07, 6.45) is -2.09. The first-order chi connectivity index (χ1) is 20.6. The summed E-state index contributed by atoms with van der Waals surface area (Å²) in [5, 5.41) is 12.4. The fraction of sp³-hybridized carbons (Fsp3) is 0.562. The molecule has 2 aromatic carbocycles. The van der Waals surface area contributed by atoms with E-state index in [1.54, 1.807) is 0 Å². The van der Waals surface area contributed by atoms with Crippen LogP contribution in [-0.4, -0.2) is 53.4 Å². The molecule has 0 amide bonds. The minimum absolute atomic E-state index is 0.0658. The maximum atomic E-state index is 12.7. The molecule has 1 aliphatic heterocycles. The summed E-state index contributed by atoms with van der Waals surface area (Å²) in [6.45, 7) is 11.2. The fourth-order valence-corrected chi connectivity index (χ4v) is 7.16. The highest BCUT2D eigenvalue weighted by Gasteiger charge is 2.44. The Balaban J connectivity index is 1.58. The highest BCUT2D eigenvalue weighted by Crippen LogP contribution is 2.52. The SMILES string of the molecule is Cc1cc2c(cc1C1(CC(=O)OCCO)OCCO1)nc(Nc1ccc(OC(F)(F)F)cc1)n2C1CC(C)(C)CC(C)(C)C1. The van der Waals surface area contributed by atoms with E-state index in [9.17, 15) is 18.0 Å². The van der Waals surface area contributed by atoms with Gasteiger partial charge in [0.05, 0.1) is 30.9 Å². The predicted octanol–water partition coefficient (Wildman–Crippen LogP) is 6.89. The minimum atomic E-state index is -4.78. The largest absolute Gasteiger partial charge is 0.573 e. The Morgan fingerprint density at radius 1 is 1.09 bits per heavy atom. The van der Waals surface area contributed by atoms with Crippen LogP contribution in [0.2, 0.25) is 0 Å². The number of aliphatic hydroxyl groups excluding tert-OH is 1. The predicted molar refractivity (Wildman–Crippen MR) is 158 cm³/mol. The van der Waals surface area contributed by atoms with Crippen molar-refractivity contribution in [2.45, 2.75) is 78.5 Å². The van der Waals surface area contributed by atoms with Gasteiger partial charge in [-0.25, -0.2) is 4.98 Å². The number of nitrogens with zero attached hydrogens (tertiary/aromatic N) is 2. The number of aromatic nitrogens is 2. The molecule has 1 aliphatic carbocycles. The molecule has 0 radical (unpaired) electrons. The number of aryl methyl sites for hydroxylation is 1. The summed E-state index contributed by atoms with van der Waals surface area (Å²) in [7, 11) is 0. The number of anilines is 2. The Bertz CT molecular complexity index is 1480. The number of aliphatic hydroxyl groups is 1. The van der Waals surface area contributed by atoms with Gasteiger partial charge in [0.2, 0.25) is 11.7 Å². The third kappa shape index (κ3) is 7.13. The highest BCUT2D eigenvalue weighted by atomic mass is 19.4. The van der Waals surface area contributed by atoms with E-state index in [0.29, 0.717) is 35.9 Å². The standard InChI is InChI=1S/C32H40F3N3O6/c1-20-14-26-25(15-24(20)31(42-12-13-43-31)18-27(40)41-11-10-39)37-28(36-21-6-8-23(9-7-21)44-32(33,34)35)38(26)22-16-29(2,3)19-30(4,5)17-22/h6-9,14-15,22,39H,10-13,16-19H2,1-5H3,(H,36,37). The minimum Gasteiger partial charge on any atom is -0.463 e. The Morgan fingerprint density at radius 2 is 1.73 bits per heavy atom. The zero-order valence-electron chi connectivity index (χ0n) is 25.7. The summed E-state index contributed by atoms with van der Waals surface area (Å²) < 4.78 is 61.5. The zero-order chi connectivity index (χ0) is 31.9. The van der Waals surface area contributed by atoms with Crippen molar-refractivity contribution in [3.05, 3.63) is 47.5 Å². The van der Waals surface area contributed by atoms with Gasteiger partial charge in [0.15, 0.2) is 0 Å². The van der Waals surface area contributed by atoms with Gasteiger partial charge >= 0.3 is 12.3 Å². The van der Waals surface area contributed by atoms with Gasteiger partial charge in [-0.2, -0.15) is 0 Å². The number of carbonyl (C=O) groups excluding carboxylic acids is 1. The number of nitrogens with one attached hydrogen (secondary N) is 1. The fourth-order valence-electron chi connectivity index (χ4n) is 7.16. The molecule has 44 heavy (non-hydrogen) atoms. The molecule has 1 aromatic heterocycles. The molecule has 1 saturated heterocycles. The molecule has 2 aliphatic rings. The van der Waals surface area contributed by atoms with Crippen molar-refractivity contribution >= 4 is 28.6 Å². The van der Waals surface area contributed by atoms with Crippen LogP contribution >= 0.6 is 0 Å². The molecule has 2 N–H and O–H groups in total. The molecule has 0 unspecified atom stereocenters. The maximum absolute atomic E-state index is 12.7. The van der Waals surface area contributed by atoms with Crippen molar-refractivity contribution in [3.8, 4) is 5.75 Å². The van der Waals surface area contributed by atoms with Crippen molar-refractivity contribution in [1.29, 1.82) is 0 Å². The molecular formula is C32H40F3N3O6. The average Bonchev–Trinajstić information content (AvgIpc) is 3.50. The lowest BCUT2D eigenvalue weighted by Crippen LogP contribution is -2.35. The van der Waals surface area contributed by atoms with Crippen LogP contribution in [0.1, 0.15) is 70.5 Å². The van der Waals surface area contributed by atoms with Crippen LogP contribution in [0.25, 0.3) is 11.0 Å². The Morgan fingerprint density at radius 3 is 2.32 bits per heavy atom. The molecule has 3 aromatic rings. The van der Waals surface area contributed by atoms with E-state index in [4.69, 9.17) is 24.3 Å². The van der Waals surface area contributed by atoms with Gasteiger partial charge in [-0.05, 0) is 79.0 Å². The van der Waals surface area contributed by atoms with E-state index in [1.807, 2.05) is 19.1 Å². The number of alkyl halides is 3. The van der Waals surface area contributed by atoms with Gasteiger partial charge in [-0.15, -0.1) is 13.2 Å². The lowest BCUT2D eigenvalue weighted by molar-refractivity contribution is -0.274. The smallest absolute Gasteiger partial charge is 0.463 e. The second-order valence-electron chi connectivity index (χ2n) is 13.3. The Hall–Kier alpha value is -3.35. The second-order valence-corrected chi connectivity index (χ2v) is 13.3. The van der Waals surface area contributed by atoms with Gasteiger partial charge in [-0.3, -0.25) is 4.79 Å². The summed E-state index contributed by atoms with van der Waals surface area (Å²) in [6, 6.07) is 9.52. The lowest BCUT2D eigenvalue weighted by atomic mass is 9.63. The quantitative estimate of drug-likeness (QED) is 0.250. The number of halogens is 3. The first-order valence-electron chi connectivity index (χ1n) is 14.8. The first-order valence-corrected chi connectivity index (χ1v) is 14.8. The number of ether oxygens (including phenoxy) is 4. The molecule has 0 spiro atoms. The van der Waals surface area contributed by atoms with Gasteiger partial charge in [0.25, 0.3) is 0 Å². The molecule has 1 saturated carbocycles. The van der Waals surface area contributed by atoms with Crippen LogP contribution in [0.4, 0.5) is 24.8 Å². The average molecular weight is 620 g/mol. The number of rotatable bonds is 9. The highest BCUT2D eigenvalue weighted by molar-refractivity contribution is 5.82. The number of carbonyl (C=O) groups is 1. The summed E-state index contributed by atoms with van der Waals surface area (Å²) in [5.41, 5.74) is 3.69. The van der Waals surface area contributed by atoms with E-state index in [1.165, 1.54) is 24.3 Å². The van der Waals surface area contributed by atoms with Crippen molar-refractivity contribution in [1.82, 2.24) is 9.55 Å². The van der Waals surface area contributed by atoms with Crippen molar-refractivity contribution in [2.24, 2.45) is 10.8 Å². The first kappa shape index (κ1) is 32.1. The monoisotopic (exact) mass is 619 g/mol. The summed E-state index contributed by atoms with van der Waals surface area (Å²) in [4.78, 5) is 17.6. The Kier molecular flexibility index (Phi) is 8.65. The maximum Gasteiger partial charge on any atom is 0.573 e. The van der Waals surface area contributed by atoms with E-state index in [-0.39, 0.29) is 42.3 Å². The van der Waals surface area contributed by atoms with Crippen LogP contribution in [0, 0.1) is 17.8 Å². The third-order valence-electron chi connectivity index (χ3n) is 8.17. The van der Waals surface area contributed by atoms with E-state index in [0.717, 1.165) is 30.3 Å². The molecule has 9 nitrogen and oxygen atoms in total. The number of fused-ring (bicyclic) bond motifs is 1. The number of benzene rings is 2. The van der Waals surface area contributed by atoms with Crippen molar-refractivity contribution < 1.29 is 42.0 Å². The number of hydrogen-bond donors (Lipinski definition) is 2. The van der Waals surface area contributed by atoms with Crippen molar-refractivity contribution in [3.63, 3.8) is 0 Å².